The lowest BCUT2D eigenvalue weighted by Crippen LogP contribution is -2.16. The third-order valence-corrected chi connectivity index (χ3v) is 4.26. The zero-order chi connectivity index (χ0) is 17.1. The van der Waals surface area contributed by atoms with Crippen molar-refractivity contribution >= 4 is 32.9 Å². The maximum atomic E-state index is 12.0. The van der Waals surface area contributed by atoms with Gasteiger partial charge in [0.15, 0.2) is 5.13 Å². The number of nitrogens with zero attached hydrogens (tertiary/aromatic N) is 3. The van der Waals surface area contributed by atoms with Crippen molar-refractivity contribution in [1.29, 1.82) is 0 Å². The molecule has 1 amide bonds. The molecule has 7 heteroatoms. The van der Waals surface area contributed by atoms with Crippen molar-refractivity contribution in [3.63, 3.8) is 0 Å². The minimum atomic E-state index is -0.585. The molecule has 0 bridgehead atoms. The third-order valence-electron chi connectivity index (χ3n) is 3.38. The first-order chi connectivity index (χ1) is 12.3. The number of thiazole rings is 1. The van der Waals surface area contributed by atoms with Gasteiger partial charge in [-0.3, -0.25) is 10.3 Å². The molecule has 0 aliphatic rings. The van der Waals surface area contributed by atoms with E-state index in [1.54, 1.807) is 36.7 Å². The Balaban J connectivity index is 1.54. The number of amides is 1. The largest absolute Gasteiger partial charge is 0.418 e. The van der Waals surface area contributed by atoms with Crippen LogP contribution in [0, 0.1) is 0 Å². The Labute approximate surface area is 147 Å². The van der Waals surface area contributed by atoms with Gasteiger partial charge in [0, 0.05) is 18.0 Å². The molecule has 0 fully saturated rings. The van der Waals surface area contributed by atoms with Gasteiger partial charge in [-0.1, -0.05) is 29.5 Å². The quantitative estimate of drug-likeness (QED) is 0.595. The average Bonchev–Trinajstić information content (AvgIpc) is 3.04. The van der Waals surface area contributed by atoms with E-state index in [-0.39, 0.29) is 0 Å². The van der Waals surface area contributed by atoms with Crippen LogP contribution in [0.5, 0.6) is 5.75 Å². The Morgan fingerprint density at radius 2 is 1.88 bits per heavy atom. The second-order valence-electron chi connectivity index (χ2n) is 5.11. The lowest BCUT2D eigenvalue weighted by atomic mass is 10.2. The molecule has 4 aromatic rings. The van der Waals surface area contributed by atoms with Crippen molar-refractivity contribution in [2.75, 3.05) is 5.32 Å². The topological polar surface area (TPSA) is 77.0 Å². The van der Waals surface area contributed by atoms with E-state index >= 15 is 0 Å². The van der Waals surface area contributed by atoms with Crippen LogP contribution in [0.1, 0.15) is 0 Å². The fourth-order valence-electron chi connectivity index (χ4n) is 2.25. The van der Waals surface area contributed by atoms with Crippen LogP contribution in [0.4, 0.5) is 9.93 Å². The van der Waals surface area contributed by atoms with Crippen molar-refractivity contribution in [3.8, 4) is 17.0 Å². The smallest absolute Gasteiger partial charge is 0.410 e. The van der Waals surface area contributed by atoms with E-state index in [0.29, 0.717) is 16.4 Å². The fraction of sp³-hybridized carbons (Fsp3) is 0. The van der Waals surface area contributed by atoms with Crippen LogP contribution < -0.4 is 10.1 Å². The fourth-order valence-corrected chi connectivity index (χ4v) is 3.08. The van der Waals surface area contributed by atoms with Gasteiger partial charge in [-0.05, 0) is 36.4 Å². The number of para-hydroxylation sites is 1. The second kappa shape index (κ2) is 6.66. The summed E-state index contributed by atoms with van der Waals surface area (Å²) in [6.45, 7) is 0. The molecule has 122 valence electrons. The van der Waals surface area contributed by atoms with Crippen molar-refractivity contribution in [2.45, 2.75) is 0 Å². The van der Waals surface area contributed by atoms with Gasteiger partial charge < -0.3 is 4.74 Å². The van der Waals surface area contributed by atoms with E-state index in [1.165, 1.54) is 11.3 Å². The predicted octanol–water partition coefficient (Wildman–Crippen LogP) is 4.36. The molecule has 0 radical (unpaired) electrons. The molecule has 3 aromatic heterocycles. The standard InChI is InChI=1S/C18H12N4O2S/c23-18(24-13-6-2-1-3-7-13)22-17-21-15-9-8-14(20-16(15)25-17)12-5-4-10-19-11-12/h1-11H,(H,21,22,23). The van der Waals surface area contributed by atoms with Crippen LogP contribution in [0.25, 0.3) is 21.6 Å². The summed E-state index contributed by atoms with van der Waals surface area (Å²) in [6, 6.07) is 16.4. The number of carbonyl (C=O) groups excluding carboxylic acids is 1. The highest BCUT2D eigenvalue weighted by Gasteiger charge is 2.11. The third kappa shape index (κ3) is 3.46. The summed E-state index contributed by atoms with van der Waals surface area (Å²) in [6.07, 6.45) is 2.89. The molecule has 0 spiro atoms. The number of hydrogen-bond acceptors (Lipinski definition) is 6. The maximum Gasteiger partial charge on any atom is 0.418 e. The van der Waals surface area contributed by atoms with Gasteiger partial charge in [0.25, 0.3) is 0 Å². The number of carbonyl (C=O) groups is 1. The number of pyridine rings is 2. The highest BCUT2D eigenvalue weighted by atomic mass is 32.1. The lowest BCUT2D eigenvalue weighted by molar-refractivity contribution is 0.215. The molecule has 1 aromatic carbocycles. The Morgan fingerprint density at radius 1 is 1.00 bits per heavy atom. The summed E-state index contributed by atoms with van der Waals surface area (Å²) < 4.78 is 5.20. The van der Waals surface area contributed by atoms with Gasteiger partial charge in [0.05, 0.1) is 5.69 Å². The van der Waals surface area contributed by atoms with Crippen molar-refractivity contribution in [2.24, 2.45) is 0 Å². The zero-order valence-corrected chi connectivity index (χ0v) is 13.7. The van der Waals surface area contributed by atoms with Crippen molar-refractivity contribution in [3.05, 3.63) is 67.0 Å². The van der Waals surface area contributed by atoms with E-state index in [1.807, 2.05) is 30.3 Å². The number of nitrogens with one attached hydrogen (secondary N) is 1. The summed E-state index contributed by atoms with van der Waals surface area (Å²) in [5.74, 6) is 0.470. The highest BCUT2D eigenvalue weighted by molar-refractivity contribution is 7.21. The summed E-state index contributed by atoms with van der Waals surface area (Å²) in [5.41, 5.74) is 2.45. The normalized spacial score (nSPS) is 10.6. The van der Waals surface area contributed by atoms with Crippen LogP contribution in [-0.2, 0) is 0 Å². The SMILES string of the molecule is O=C(Nc1nc2ccc(-c3cccnc3)nc2s1)Oc1ccccc1. The maximum absolute atomic E-state index is 12.0. The summed E-state index contributed by atoms with van der Waals surface area (Å²) in [4.78, 5) is 25.7. The number of benzene rings is 1. The van der Waals surface area contributed by atoms with Crippen LogP contribution in [0.15, 0.2) is 67.0 Å². The molecule has 0 saturated carbocycles. The van der Waals surface area contributed by atoms with Crippen molar-refractivity contribution < 1.29 is 9.53 Å². The van der Waals surface area contributed by atoms with Gasteiger partial charge in [-0.2, -0.15) is 0 Å². The molecule has 4 rings (SSSR count). The monoisotopic (exact) mass is 348 g/mol. The summed E-state index contributed by atoms with van der Waals surface area (Å²) in [7, 11) is 0. The van der Waals surface area contributed by atoms with E-state index in [4.69, 9.17) is 4.74 Å². The van der Waals surface area contributed by atoms with E-state index in [0.717, 1.165) is 16.1 Å². The van der Waals surface area contributed by atoms with Crippen LogP contribution in [-0.4, -0.2) is 21.0 Å². The molecule has 0 aliphatic carbocycles. The van der Waals surface area contributed by atoms with Gasteiger partial charge in [0.1, 0.15) is 16.1 Å². The molecular weight excluding hydrogens is 336 g/mol. The molecule has 3 heterocycles. The number of fused-ring (bicyclic) bond motifs is 1. The number of hydrogen-bond donors (Lipinski definition) is 1. The van der Waals surface area contributed by atoms with Gasteiger partial charge in [-0.15, -0.1) is 0 Å². The van der Waals surface area contributed by atoms with Gasteiger partial charge in [0.2, 0.25) is 0 Å². The number of aromatic nitrogens is 3. The molecule has 0 aliphatic heterocycles. The number of rotatable bonds is 3. The Hall–Kier alpha value is -3.32. The van der Waals surface area contributed by atoms with Crippen LogP contribution in [0.3, 0.4) is 0 Å². The summed E-state index contributed by atoms with van der Waals surface area (Å²) >= 11 is 1.29. The lowest BCUT2D eigenvalue weighted by Gasteiger charge is -2.03. The van der Waals surface area contributed by atoms with Crippen LogP contribution in [0.2, 0.25) is 0 Å². The minimum Gasteiger partial charge on any atom is -0.410 e. The van der Waals surface area contributed by atoms with E-state index in [2.05, 4.69) is 20.3 Å². The van der Waals surface area contributed by atoms with E-state index < -0.39 is 6.09 Å². The van der Waals surface area contributed by atoms with Crippen LogP contribution >= 0.6 is 11.3 Å². The Morgan fingerprint density at radius 3 is 2.68 bits per heavy atom. The molecule has 0 saturated heterocycles. The number of anilines is 1. The van der Waals surface area contributed by atoms with Gasteiger partial charge in [-0.25, -0.2) is 14.8 Å². The molecule has 0 atom stereocenters. The number of ether oxygens (including phenoxy) is 1. The first-order valence-corrected chi connectivity index (χ1v) is 8.31. The Bertz CT molecular complexity index is 1020. The molecule has 0 unspecified atom stereocenters. The van der Waals surface area contributed by atoms with Gasteiger partial charge >= 0.3 is 6.09 Å². The summed E-state index contributed by atoms with van der Waals surface area (Å²) in [5, 5.41) is 3.07. The molecule has 1 N–H and O–H groups in total. The highest BCUT2D eigenvalue weighted by Crippen LogP contribution is 2.27. The Kier molecular flexibility index (Phi) is 4.05. The minimum absolute atomic E-state index is 0.437. The zero-order valence-electron chi connectivity index (χ0n) is 12.9. The second-order valence-corrected chi connectivity index (χ2v) is 6.09. The first kappa shape index (κ1) is 15.2. The molecule has 25 heavy (non-hydrogen) atoms. The first-order valence-electron chi connectivity index (χ1n) is 7.50. The molecular formula is C18H12N4O2S. The molecule has 6 nitrogen and oxygen atoms in total. The van der Waals surface area contributed by atoms with Crippen molar-refractivity contribution in [1.82, 2.24) is 15.0 Å². The van der Waals surface area contributed by atoms with E-state index in [9.17, 15) is 4.79 Å². The predicted molar refractivity (Wildman–Crippen MR) is 96.7 cm³/mol. The average molecular weight is 348 g/mol.